The first-order chi connectivity index (χ1) is 13.6. The van der Waals surface area contributed by atoms with Crippen LogP contribution in [0.2, 0.25) is 0 Å². The Bertz CT molecular complexity index is 1130. The Morgan fingerprint density at radius 2 is 1.75 bits per heavy atom. The van der Waals surface area contributed by atoms with Crippen molar-refractivity contribution in [2.24, 2.45) is 0 Å². The molecule has 0 aliphatic rings. The minimum Gasteiger partial charge on any atom is -0.508 e. The molecule has 3 aromatic carbocycles. The van der Waals surface area contributed by atoms with Crippen LogP contribution in [0.3, 0.4) is 0 Å². The number of phenols is 1. The third-order valence-corrected chi connectivity index (χ3v) is 4.72. The molecule has 5 heteroatoms. The highest BCUT2D eigenvalue weighted by Crippen LogP contribution is 2.33. The Kier molecular flexibility index (Phi) is 4.83. The molecule has 0 saturated heterocycles. The second kappa shape index (κ2) is 7.58. The molecule has 4 aromatic rings. The largest absolute Gasteiger partial charge is 0.508 e. The lowest BCUT2D eigenvalue weighted by atomic mass is 10.0. The first-order valence-electron chi connectivity index (χ1n) is 9.11. The molecule has 0 radical (unpaired) electrons. The number of carbonyl (C=O) groups is 1. The molecule has 4 rings (SSSR count). The van der Waals surface area contributed by atoms with E-state index < -0.39 is 0 Å². The highest BCUT2D eigenvalue weighted by atomic mass is 16.3. The van der Waals surface area contributed by atoms with Crippen LogP contribution in [0.4, 0.5) is 0 Å². The van der Waals surface area contributed by atoms with Gasteiger partial charge in [0.05, 0.1) is 0 Å². The number of benzene rings is 3. The number of aromatic amines is 1. The smallest absolute Gasteiger partial charge is 0.282 e. The summed E-state index contributed by atoms with van der Waals surface area (Å²) in [6, 6.07) is 23.0. The summed E-state index contributed by atoms with van der Waals surface area (Å²) >= 11 is 0. The monoisotopic (exact) mass is 371 g/mol. The predicted octanol–water partition coefficient (Wildman–Crippen LogP) is 4.28. The summed E-state index contributed by atoms with van der Waals surface area (Å²) in [5.74, 6) is -0.0709. The van der Waals surface area contributed by atoms with Gasteiger partial charge in [0.2, 0.25) is 0 Å². The molecule has 0 fully saturated rings. The van der Waals surface area contributed by atoms with Gasteiger partial charge < -0.3 is 10.1 Å². The highest BCUT2D eigenvalue weighted by Gasteiger charge is 2.19. The molecule has 140 valence electrons. The van der Waals surface area contributed by atoms with Crippen LogP contribution in [-0.2, 0) is 6.54 Å². The Hall–Kier alpha value is -3.57. The number of aryl methyl sites for hydroxylation is 1. The van der Waals surface area contributed by atoms with Crippen LogP contribution in [0, 0.1) is 6.92 Å². The van der Waals surface area contributed by atoms with Crippen LogP contribution in [-0.4, -0.2) is 16.0 Å². The van der Waals surface area contributed by atoms with E-state index in [1.807, 2.05) is 55.5 Å². The zero-order valence-electron chi connectivity index (χ0n) is 15.5. The Labute approximate surface area is 163 Å². The average Bonchev–Trinajstić information content (AvgIpc) is 3.08. The van der Waals surface area contributed by atoms with Gasteiger partial charge in [-0.25, -0.2) is 5.43 Å². The number of hydrogen-bond acceptors (Lipinski definition) is 3. The molecule has 1 heterocycles. The number of phenolic OH excluding ortho intramolecular Hbond substituents is 1. The molecular weight excluding hydrogens is 350 g/mol. The molecule has 28 heavy (non-hydrogen) atoms. The summed E-state index contributed by atoms with van der Waals surface area (Å²) < 4.78 is 0. The molecule has 0 atom stereocenters. The third-order valence-electron chi connectivity index (χ3n) is 4.72. The lowest BCUT2D eigenvalue weighted by molar-refractivity contribution is 0.0928. The molecule has 0 bridgehead atoms. The highest BCUT2D eigenvalue weighted by molar-refractivity contribution is 6.09. The number of amides is 1. The number of aromatic nitrogens is 1. The number of nitrogens with one attached hydrogen (secondary N) is 3. The molecule has 4 N–H and O–H groups in total. The average molecular weight is 371 g/mol. The SMILES string of the molecule is Cc1ccc2[nH]c(C(=O)NNCc3ccccc3O)c(-c3ccccc3)c2c1. The molecular formula is C23H21N3O2. The fraction of sp³-hybridized carbons (Fsp3) is 0.0870. The summed E-state index contributed by atoms with van der Waals surface area (Å²) in [6.45, 7) is 2.35. The van der Waals surface area contributed by atoms with Crippen molar-refractivity contribution < 1.29 is 9.90 Å². The summed E-state index contributed by atoms with van der Waals surface area (Å²) in [6.07, 6.45) is 0. The first-order valence-corrected chi connectivity index (χ1v) is 9.11. The fourth-order valence-corrected chi connectivity index (χ4v) is 3.32. The van der Waals surface area contributed by atoms with Crippen molar-refractivity contribution in [3.8, 4) is 16.9 Å². The minimum atomic E-state index is -0.261. The minimum absolute atomic E-state index is 0.190. The van der Waals surface area contributed by atoms with E-state index >= 15 is 0 Å². The second-order valence-corrected chi connectivity index (χ2v) is 6.73. The van der Waals surface area contributed by atoms with E-state index in [0.29, 0.717) is 17.8 Å². The second-order valence-electron chi connectivity index (χ2n) is 6.73. The van der Waals surface area contributed by atoms with Gasteiger partial charge in [-0.15, -0.1) is 0 Å². The third kappa shape index (κ3) is 3.48. The number of aromatic hydroxyl groups is 1. The predicted molar refractivity (Wildman–Crippen MR) is 111 cm³/mol. The topological polar surface area (TPSA) is 77.2 Å². The van der Waals surface area contributed by atoms with E-state index in [2.05, 4.69) is 21.9 Å². The van der Waals surface area contributed by atoms with Crippen LogP contribution in [0.5, 0.6) is 5.75 Å². The summed E-state index contributed by atoms with van der Waals surface area (Å²) in [4.78, 5) is 16.1. The van der Waals surface area contributed by atoms with Gasteiger partial charge in [0.15, 0.2) is 0 Å². The molecule has 1 amide bonds. The van der Waals surface area contributed by atoms with E-state index in [9.17, 15) is 9.90 Å². The first kappa shape index (κ1) is 17.8. The molecule has 0 unspecified atom stereocenters. The van der Waals surface area contributed by atoms with Gasteiger partial charge >= 0.3 is 0 Å². The Morgan fingerprint density at radius 3 is 2.54 bits per heavy atom. The molecule has 0 aliphatic carbocycles. The number of rotatable bonds is 5. The van der Waals surface area contributed by atoms with E-state index in [0.717, 1.165) is 27.6 Å². The van der Waals surface area contributed by atoms with Crippen molar-refractivity contribution in [2.45, 2.75) is 13.5 Å². The van der Waals surface area contributed by atoms with Gasteiger partial charge in [-0.3, -0.25) is 10.2 Å². The summed E-state index contributed by atoms with van der Waals surface area (Å²) in [7, 11) is 0. The van der Waals surface area contributed by atoms with Crippen molar-refractivity contribution in [2.75, 3.05) is 0 Å². The maximum Gasteiger partial charge on any atom is 0.282 e. The van der Waals surface area contributed by atoms with Crippen molar-refractivity contribution in [1.82, 2.24) is 15.8 Å². The standard InChI is InChI=1S/C23H21N3O2/c1-15-11-12-19-18(13-15)21(16-7-3-2-4-8-16)22(25-19)23(28)26-24-14-17-9-5-6-10-20(17)27/h2-13,24-25,27H,14H2,1H3,(H,26,28). The van der Waals surface area contributed by atoms with Crippen molar-refractivity contribution >= 4 is 16.8 Å². The Morgan fingerprint density at radius 1 is 1.00 bits per heavy atom. The van der Waals surface area contributed by atoms with Crippen LogP contribution in [0.25, 0.3) is 22.0 Å². The lowest BCUT2D eigenvalue weighted by Gasteiger charge is -2.09. The quantitative estimate of drug-likeness (QED) is 0.395. The maximum atomic E-state index is 12.9. The number of para-hydroxylation sites is 1. The van der Waals surface area contributed by atoms with Crippen LogP contribution in [0.15, 0.2) is 72.8 Å². The van der Waals surface area contributed by atoms with Gasteiger partial charge in [-0.1, -0.05) is 60.2 Å². The lowest BCUT2D eigenvalue weighted by Crippen LogP contribution is -2.37. The number of hydrogen-bond donors (Lipinski definition) is 4. The van der Waals surface area contributed by atoms with Crippen molar-refractivity contribution in [1.29, 1.82) is 0 Å². The van der Waals surface area contributed by atoms with Crippen LogP contribution < -0.4 is 10.9 Å². The molecule has 5 nitrogen and oxygen atoms in total. The van der Waals surface area contributed by atoms with Crippen molar-refractivity contribution in [3.63, 3.8) is 0 Å². The molecule has 0 saturated carbocycles. The number of hydrazine groups is 1. The van der Waals surface area contributed by atoms with Gasteiger partial charge in [0, 0.05) is 28.6 Å². The van der Waals surface area contributed by atoms with Gasteiger partial charge in [-0.2, -0.15) is 0 Å². The fourth-order valence-electron chi connectivity index (χ4n) is 3.32. The van der Waals surface area contributed by atoms with Gasteiger partial charge in [0.1, 0.15) is 11.4 Å². The summed E-state index contributed by atoms with van der Waals surface area (Å²) in [5, 5.41) is 10.9. The molecule has 0 aliphatic heterocycles. The zero-order chi connectivity index (χ0) is 19.5. The Balaban J connectivity index is 1.64. The van der Waals surface area contributed by atoms with E-state index in [1.54, 1.807) is 18.2 Å². The summed E-state index contributed by atoms with van der Waals surface area (Å²) in [5.41, 5.74) is 10.7. The van der Waals surface area contributed by atoms with Crippen LogP contribution in [0.1, 0.15) is 21.6 Å². The van der Waals surface area contributed by atoms with Gasteiger partial charge in [0.25, 0.3) is 5.91 Å². The molecule has 0 spiro atoms. The number of fused-ring (bicyclic) bond motifs is 1. The van der Waals surface area contributed by atoms with Gasteiger partial charge in [-0.05, 0) is 30.7 Å². The normalized spacial score (nSPS) is 10.9. The van der Waals surface area contributed by atoms with E-state index in [1.165, 1.54) is 0 Å². The number of H-pyrrole nitrogens is 1. The van der Waals surface area contributed by atoms with E-state index in [4.69, 9.17) is 0 Å². The van der Waals surface area contributed by atoms with Crippen molar-refractivity contribution in [3.05, 3.63) is 89.6 Å². The molecule has 1 aromatic heterocycles. The number of carbonyl (C=O) groups excluding carboxylic acids is 1. The van der Waals surface area contributed by atoms with Crippen LogP contribution >= 0.6 is 0 Å². The van der Waals surface area contributed by atoms with E-state index in [-0.39, 0.29) is 11.7 Å². The maximum absolute atomic E-state index is 12.9. The zero-order valence-corrected chi connectivity index (χ0v) is 15.5.